The van der Waals surface area contributed by atoms with Gasteiger partial charge in [-0.2, -0.15) is 0 Å². The zero-order valence-corrected chi connectivity index (χ0v) is 14.0. The van der Waals surface area contributed by atoms with Crippen molar-refractivity contribution >= 4 is 17.3 Å². The van der Waals surface area contributed by atoms with Gasteiger partial charge in [-0.15, -0.1) is 0 Å². The van der Waals surface area contributed by atoms with Gasteiger partial charge in [0.1, 0.15) is 17.8 Å². The zero-order chi connectivity index (χ0) is 18.3. The maximum atomic E-state index is 14.2. The van der Waals surface area contributed by atoms with Crippen LogP contribution in [0.25, 0.3) is 0 Å². The average molecular weight is 350 g/mol. The third-order valence-electron chi connectivity index (χ3n) is 4.56. The summed E-state index contributed by atoms with van der Waals surface area (Å²) in [5.74, 6) is -1.30. The van der Waals surface area contributed by atoms with Crippen LogP contribution in [0, 0.1) is 18.6 Å². The molecule has 0 aromatic heterocycles. The molecule has 130 valence electrons. The normalized spacial score (nSPS) is 15.9. The molecule has 0 bridgehead atoms. The highest BCUT2D eigenvalue weighted by molar-refractivity contribution is 6.11. The van der Waals surface area contributed by atoms with Crippen molar-refractivity contribution in [2.45, 2.75) is 13.1 Å². The molecule has 1 unspecified atom stereocenters. The van der Waals surface area contributed by atoms with E-state index in [1.807, 2.05) is 43.3 Å². The van der Waals surface area contributed by atoms with E-state index < -0.39 is 17.8 Å². The number of amides is 1. The zero-order valence-electron chi connectivity index (χ0n) is 14.0. The minimum Gasteiger partial charge on any atom is -0.359 e. The van der Waals surface area contributed by atoms with E-state index in [1.165, 1.54) is 0 Å². The van der Waals surface area contributed by atoms with Crippen molar-refractivity contribution < 1.29 is 13.6 Å². The topological polar surface area (TPSA) is 32.3 Å². The SMILES string of the molecule is Cc1ccccc1N1C(=O)c2ccccc2C1Nc1cc(F)ccc1F. The summed E-state index contributed by atoms with van der Waals surface area (Å²) >= 11 is 0. The lowest BCUT2D eigenvalue weighted by Crippen LogP contribution is -2.33. The molecular weight excluding hydrogens is 334 g/mol. The van der Waals surface area contributed by atoms with E-state index >= 15 is 0 Å². The summed E-state index contributed by atoms with van der Waals surface area (Å²) in [5, 5.41) is 3.00. The number of hydrogen-bond acceptors (Lipinski definition) is 2. The van der Waals surface area contributed by atoms with E-state index in [0.29, 0.717) is 5.56 Å². The molecular formula is C21H16F2N2O. The molecule has 5 heteroatoms. The summed E-state index contributed by atoms with van der Waals surface area (Å²) in [5.41, 5.74) is 2.93. The van der Waals surface area contributed by atoms with Crippen molar-refractivity contribution in [1.29, 1.82) is 0 Å². The van der Waals surface area contributed by atoms with Gasteiger partial charge in [0, 0.05) is 22.9 Å². The molecule has 0 fully saturated rings. The Hall–Kier alpha value is -3.21. The number of anilines is 2. The number of carbonyl (C=O) groups excluding carboxylic acids is 1. The lowest BCUT2D eigenvalue weighted by molar-refractivity contribution is 0.0992. The van der Waals surface area contributed by atoms with E-state index in [1.54, 1.807) is 17.0 Å². The highest BCUT2D eigenvalue weighted by Gasteiger charge is 2.38. The van der Waals surface area contributed by atoms with Crippen LogP contribution in [0.15, 0.2) is 66.7 Å². The van der Waals surface area contributed by atoms with Gasteiger partial charge in [-0.25, -0.2) is 8.78 Å². The highest BCUT2D eigenvalue weighted by atomic mass is 19.1. The van der Waals surface area contributed by atoms with Crippen LogP contribution < -0.4 is 10.2 Å². The van der Waals surface area contributed by atoms with Crippen LogP contribution in [0.3, 0.4) is 0 Å². The van der Waals surface area contributed by atoms with Crippen LogP contribution >= 0.6 is 0 Å². The molecule has 26 heavy (non-hydrogen) atoms. The van der Waals surface area contributed by atoms with Crippen LogP contribution in [0.4, 0.5) is 20.2 Å². The van der Waals surface area contributed by atoms with Crippen molar-refractivity contribution in [3.05, 3.63) is 95.1 Å². The Bertz CT molecular complexity index is 1000. The number of nitrogens with one attached hydrogen (secondary N) is 1. The first-order valence-electron chi connectivity index (χ1n) is 8.26. The molecule has 1 aliphatic heterocycles. The second kappa shape index (κ2) is 6.26. The minimum absolute atomic E-state index is 0.0121. The second-order valence-electron chi connectivity index (χ2n) is 6.22. The summed E-state index contributed by atoms with van der Waals surface area (Å²) in [6.07, 6.45) is -0.629. The molecule has 0 saturated carbocycles. The third-order valence-corrected chi connectivity index (χ3v) is 4.56. The van der Waals surface area contributed by atoms with Gasteiger partial charge in [0.25, 0.3) is 5.91 Å². The van der Waals surface area contributed by atoms with Crippen LogP contribution in [-0.4, -0.2) is 5.91 Å². The molecule has 1 aliphatic rings. The molecule has 0 aliphatic carbocycles. The fourth-order valence-electron chi connectivity index (χ4n) is 3.30. The van der Waals surface area contributed by atoms with Crippen molar-refractivity contribution in [2.24, 2.45) is 0 Å². The number of hydrogen-bond donors (Lipinski definition) is 1. The Kier molecular flexibility index (Phi) is 3.92. The van der Waals surface area contributed by atoms with E-state index in [9.17, 15) is 13.6 Å². The molecule has 1 atom stereocenters. The molecule has 3 aromatic carbocycles. The smallest absolute Gasteiger partial charge is 0.260 e. The predicted octanol–water partition coefficient (Wildman–Crippen LogP) is 5.04. The van der Waals surface area contributed by atoms with Gasteiger partial charge < -0.3 is 5.32 Å². The fourth-order valence-corrected chi connectivity index (χ4v) is 3.30. The quantitative estimate of drug-likeness (QED) is 0.717. The number of benzene rings is 3. The van der Waals surface area contributed by atoms with E-state index in [4.69, 9.17) is 0 Å². The van der Waals surface area contributed by atoms with Crippen LogP contribution in [0.2, 0.25) is 0 Å². The standard InChI is InChI=1S/C21H16F2N2O/c1-13-6-2-5-9-19(13)25-20(15-7-3-4-8-16(15)21(25)26)24-18-12-14(22)10-11-17(18)23/h2-12,20,24H,1H3. The van der Waals surface area contributed by atoms with Crippen molar-refractivity contribution in [2.75, 3.05) is 10.2 Å². The van der Waals surface area contributed by atoms with Crippen LogP contribution in [0.5, 0.6) is 0 Å². The predicted molar refractivity (Wildman–Crippen MR) is 97.2 cm³/mol. The van der Waals surface area contributed by atoms with Gasteiger partial charge in [-0.1, -0.05) is 36.4 Å². The first-order valence-corrected chi connectivity index (χ1v) is 8.26. The molecule has 0 saturated heterocycles. The van der Waals surface area contributed by atoms with Gasteiger partial charge in [-0.3, -0.25) is 9.69 Å². The molecule has 0 radical (unpaired) electrons. The third kappa shape index (κ3) is 2.62. The number of fused-ring (bicyclic) bond motifs is 1. The van der Waals surface area contributed by atoms with Gasteiger partial charge in [0.05, 0.1) is 5.69 Å². The fraction of sp³-hybridized carbons (Fsp3) is 0.0952. The molecule has 4 rings (SSSR count). The number of carbonyl (C=O) groups is 1. The molecule has 0 spiro atoms. The molecule has 1 heterocycles. The van der Waals surface area contributed by atoms with Crippen molar-refractivity contribution in [3.8, 4) is 0 Å². The van der Waals surface area contributed by atoms with E-state index in [2.05, 4.69) is 5.32 Å². The molecule has 3 aromatic rings. The molecule has 3 nitrogen and oxygen atoms in total. The number of halogens is 2. The van der Waals surface area contributed by atoms with Gasteiger partial charge in [0.15, 0.2) is 0 Å². The Labute approximate surface area is 149 Å². The number of aryl methyl sites for hydroxylation is 1. The van der Waals surface area contributed by atoms with Gasteiger partial charge in [-0.05, 0) is 36.8 Å². The Morgan fingerprint density at radius 1 is 0.962 bits per heavy atom. The summed E-state index contributed by atoms with van der Waals surface area (Å²) in [7, 11) is 0. The lowest BCUT2D eigenvalue weighted by atomic mass is 10.1. The first kappa shape index (κ1) is 16.3. The molecule has 1 amide bonds. The summed E-state index contributed by atoms with van der Waals surface area (Å²) in [6, 6.07) is 17.9. The number of nitrogens with zero attached hydrogens (tertiary/aromatic N) is 1. The minimum atomic E-state index is -0.629. The second-order valence-corrected chi connectivity index (χ2v) is 6.22. The van der Waals surface area contributed by atoms with Gasteiger partial charge >= 0.3 is 0 Å². The van der Waals surface area contributed by atoms with Crippen LogP contribution in [0.1, 0.15) is 27.7 Å². The Balaban J connectivity index is 1.84. The lowest BCUT2D eigenvalue weighted by Gasteiger charge is -2.28. The van der Waals surface area contributed by atoms with E-state index in [-0.39, 0.29) is 11.6 Å². The average Bonchev–Trinajstić information content (AvgIpc) is 2.91. The van der Waals surface area contributed by atoms with E-state index in [0.717, 1.165) is 35.0 Å². The largest absolute Gasteiger partial charge is 0.359 e. The number of para-hydroxylation sites is 1. The summed E-state index contributed by atoms with van der Waals surface area (Å²) < 4.78 is 27.8. The van der Waals surface area contributed by atoms with Crippen molar-refractivity contribution in [3.63, 3.8) is 0 Å². The van der Waals surface area contributed by atoms with Crippen LogP contribution in [-0.2, 0) is 0 Å². The van der Waals surface area contributed by atoms with Gasteiger partial charge in [0.2, 0.25) is 0 Å². The summed E-state index contributed by atoms with van der Waals surface area (Å²) in [4.78, 5) is 14.6. The molecule has 1 N–H and O–H groups in total. The Morgan fingerprint density at radius 3 is 2.50 bits per heavy atom. The monoisotopic (exact) mass is 350 g/mol. The number of rotatable bonds is 3. The maximum Gasteiger partial charge on any atom is 0.260 e. The van der Waals surface area contributed by atoms with Crippen molar-refractivity contribution in [1.82, 2.24) is 0 Å². The highest BCUT2D eigenvalue weighted by Crippen LogP contribution is 2.39. The summed E-state index contributed by atoms with van der Waals surface area (Å²) in [6.45, 7) is 1.91. The maximum absolute atomic E-state index is 14.2. The first-order chi connectivity index (χ1) is 12.6. The Morgan fingerprint density at radius 2 is 1.69 bits per heavy atom.